The van der Waals surface area contributed by atoms with E-state index in [1.54, 1.807) is 4.68 Å². The lowest BCUT2D eigenvalue weighted by molar-refractivity contribution is 0.102. The number of hydrogen-bond donors (Lipinski definition) is 0. The summed E-state index contributed by atoms with van der Waals surface area (Å²) < 4.78 is 16.9. The van der Waals surface area contributed by atoms with Gasteiger partial charge in [-0.2, -0.15) is 10.2 Å². The maximum Gasteiger partial charge on any atom is 0.215 e. The Morgan fingerprint density at radius 2 is 2.12 bits per heavy atom. The lowest BCUT2D eigenvalue weighted by Gasteiger charge is -2.09. The van der Waals surface area contributed by atoms with E-state index in [9.17, 15) is 14.0 Å². The first-order chi connectivity index (χ1) is 11.6. The van der Waals surface area contributed by atoms with E-state index in [-0.39, 0.29) is 17.0 Å². The number of rotatable bonds is 5. The average molecular weight is 391 g/mol. The van der Waals surface area contributed by atoms with Crippen LogP contribution in [0.1, 0.15) is 33.3 Å². The van der Waals surface area contributed by atoms with Gasteiger partial charge in [0.15, 0.2) is 6.29 Å². The Morgan fingerprint density at radius 1 is 1.33 bits per heavy atom. The largest absolute Gasteiger partial charge is 0.298 e. The Labute approximate surface area is 145 Å². The topological polar surface area (TPSA) is 69.8 Å². The van der Waals surface area contributed by atoms with Gasteiger partial charge in [-0.3, -0.25) is 14.3 Å². The van der Waals surface area contributed by atoms with Crippen molar-refractivity contribution in [1.82, 2.24) is 19.6 Å². The van der Waals surface area contributed by atoms with Crippen LogP contribution in [0.4, 0.5) is 4.39 Å². The van der Waals surface area contributed by atoms with Crippen LogP contribution < -0.4 is 0 Å². The second-order valence-electron chi connectivity index (χ2n) is 4.94. The van der Waals surface area contributed by atoms with Crippen LogP contribution in [0, 0.1) is 5.82 Å². The first-order valence-corrected chi connectivity index (χ1v) is 7.91. The number of ketones is 1. The molecule has 0 amide bonds. The molecule has 0 N–H and O–H groups in total. The van der Waals surface area contributed by atoms with Gasteiger partial charge in [-0.1, -0.05) is 0 Å². The van der Waals surface area contributed by atoms with Gasteiger partial charge in [0.2, 0.25) is 5.78 Å². The van der Waals surface area contributed by atoms with E-state index in [4.69, 9.17) is 0 Å². The molecule has 0 atom stereocenters. The number of hydrogen-bond acceptors (Lipinski definition) is 4. The molecule has 0 saturated heterocycles. The molecule has 3 rings (SSSR count). The highest BCUT2D eigenvalue weighted by Gasteiger charge is 2.22. The Morgan fingerprint density at radius 3 is 2.79 bits per heavy atom. The fourth-order valence-corrected chi connectivity index (χ4v) is 2.99. The van der Waals surface area contributed by atoms with Crippen molar-refractivity contribution in [2.24, 2.45) is 0 Å². The quantitative estimate of drug-likeness (QED) is 0.495. The molecule has 1 aromatic carbocycles. The Kier molecular flexibility index (Phi) is 4.39. The fourth-order valence-electron chi connectivity index (χ4n) is 2.36. The predicted molar refractivity (Wildman–Crippen MR) is 87.9 cm³/mol. The zero-order valence-corrected chi connectivity index (χ0v) is 14.2. The number of aromatic nitrogens is 4. The highest BCUT2D eigenvalue weighted by molar-refractivity contribution is 9.10. The minimum atomic E-state index is -0.534. The molecule has 0 aliphatic carbocycles. The van der Waals surface area contributed by atoms with Crippen molar-refractivity contribution in [3.63, 3.8) is 0 Å². The molecule has 0 bridgehead atoms. The molecule has 6 nitrogen and oxygen atoms in total. The number of halogens is 2. The van der Waals surface area contributed by atoms with Gasteiger partial charge in [-0.25, -0.2) is 9.07 Å². The van der Waals surface area contributed by atoms with Crippen molar-refractivity contribution in [2.75, 3.05) is 0 Å². The number of carbonyl (C=O) groups excluding carboxylic acids is 2. The van der Waals surface area contributed by atoms with Crippen LogP contribution >= 0.6 is 15.9 Å². The van der Waals surface area contributed by atoms with Gasteiger partial charge in [0.1, 0.15) is 16.1 Å². The van der Waals surface area contributed by atoms with Gasteiger partial charge < -0.3 is 0 Å². The molecule has 0 fully saturated rings. The van der Waals surface area contributed by atoms with Crippen LogP contribution in [0.2, 0.25) is 0 Å². The highest BCUT2D eigenvalue weighted by Crippen LogP contribution is 2.22. The monoisotopic (exact) mass is 390 g/mol. The highest BCUT2D eigenvalue weighted by atomic mass is 79.9. The Bertz CT molecular complexity index is 932. The van der Waals surface area contributed by atoms with E-state index >= 15 is 0 Å². The molecule has 2 aromatic heterocycles. The van der Waals surface area contributed by atoms with E-state index in [2.05, 4.69) is 26.1 Å². The van der Waals surface area contributed by atoms with Gasteiger partial charge in [0, 0.05) is 12.1 Å². The lowest BCUT2D eigenvalue weighted by atomic mass is 10.1. The molecular weight excluding hydrogens is 379 g/mol. The zero-order chi connectivity index (χ0) is 17.3. The smallest absolute Gasteiger partial charge is 0.215 e. The number of aryl methyl sites for hydroxylation is 1. The van der Waals surface area contributed by atoms with Crippen LogP contribution in [0.25, 0.3) is 5.69 Å². The van der Waals surface area contributed by atoms with Crippen molar-refractivity contribution in [1.29, 1.82) is 0 Å². The number of carbonyl (C=O) groups is 2. The number of benzene rings is 1. The summed E-state index contributed by atoms with van der Waals surface area (Å²) in [6, 6.07) is 5.26. The third-order valence-electron chi connectivity index (χ3n) is 3.54. The molecular formula is C16H12BrFN4O2. The summed E-state index contributed by atoms with van der Waals surface area (Å²) in [5, 5.41) is 8.23. The lowest BCUT2D eigenvalue weighted by Crippen LogP contribution is -2.12. The molecule has 0 saturated carbocycles. The third kappa shape index (κ3) is 2.69. The summed E-state index contributed by atoms with van der Waals surface area (Å²) in [7, 11) is 0. The maximum absolute atomic E-state index is 13.3. The first-order valence-electron chi connectivity index (χ1n) is 7.12. The van der Waals surface area contributed by atoms with Crippen LogP contribution in [0.5, 0.6) is 0 Å². The molecule has 0 spiro atoms. The van der Waals surface area contributed by atoms with Crippen molar-refractivity contribution < 1.29 is 14.0 Å². The summed E-state index contributed by atoms with van der Waals surface area (Å²) in [5.41, 5.74) is 1.07. The van der Waals surface area contributed by atoms with Gasteiger partial charge in [0.05, 0.1) is 23.6 Å². The minimum absolute atomic E-state index is 0.107. The van der Waals surface area contributed by atoms with E-state index in [0.717, 1.165) is 6.07 Å². The van der Waals surface area contributed by atoms with Gasteiger partial charge in [-0.05, 0) is 47.1 Å². The van der Waals surface area contributed by atoms with Crippen LogP contribution in [0.3, 0.4) is 0 Å². The molecule has 0 aliphatic rings. The van der Waals surface area contributed by atoms with E-state index in [0.29, 0.717) is 28.7 Å². The molecule has 3 aromatic rings. The summed E-state index contributed by atoms with van der Waals surface area (Å²) in [5.74, 6) is -0.840. The average Bonchev–Trinajstić information content (AvgIpc) is 3.20. The van der Waals surface area contributed by atoms with Crippen molar-refractivity contribution in [3.8, 4) is 5.69 Å². The van der Waals surface area contributed by atoms with Crippen molar-refractivity contribution in [2.45, 2.75) is 13.5 Å². The van der Waals surface area contributed by atoms with Gasteiger partial charge in [0.25, 0.3) is 0 Å². The van der Waals surface area contributed by atoms with Crippen molar-refractivity contribution >= 4 is 28.0 Å². The number of aldehydes is 1. The summed E-state index contributed by atoms with van der Waals surface area (Å²) in [6.07, 6.45) is 3.45. The Hall–Kier alpha value is -2.61. The number of nitrogens with zero attached hydrogens (tertiary/aromatic N) is 4. The SMILES string of the molecule is CCn1ncc(C(=O)c2ccnn2-c2ccc(F)cc2C=O)c1Br. The molecule has 122 valence electrons. The van der Waals surface area contributed by atoms with Crippen LogP contribution in [-0.2, 0) is 6.54 Å². The molecule has 0 radical (unpaired) electrons. The van der Waals surface area contributed by atoms with Crippen LogP contribution in [-0.4, -0.2) is 31.6 Å². The fraction of sp³-hybridized carbons (Fsp3) is 0.125. The second kappa shape index (κ2) is 6.48. The predicted octanol–water partition coefficient (Wildman–Crippen LogP) is 3.03. The van der Waals surface area contributed by atoms with E-state index < -0.39 is 5.82 Å². The zero-order valence-electron chi connectivity index (χ0n) is 12.6. The molecule has 0 unspecified atom stereocenters. The van der Waals surface area contributed by atoms with E-state index in [1.165, 1.54) is 35.3 Å². The second-order valence-corrected chi connectivity index (χ2v) is 5.69. The molecule has 2 heterocycles. The van der Waals surface area contributed by atoms with E-state index in [1.807, 2.05) is 6.92 Å². The third-order valence-corrected chi connectivity index (χ3v) is 4.38. The van der Waals surface area contributed by atoms with Crippen molar-refractivity contribution in [3.05, 3.63) is 63.9 Å². The Balaban J connectivity index is 2.09. The first kappa shape index (κ1) is 16.3. The standard InChI is InChI=1S/C16H12BrFN4O2/c1-2-21-16(17)12(8-20-21)15(24)14-5-6-19-22(14)13-4-3-11(18)7-10(13)9-23/h3-9H,2H2,1H3. The normalized spacial score (nSPS) is 10.8. The molecule has 8 heteroatoms. The van der Waals surface area contributed by atoms with Gasteiger partial charge in [-0.15, -0.1) is 0 Å². The summed E-state index contributed by atoms with van der Waals surface area (Å²) in [6.45, 7) is 2.52. The minimum Gasteiger partial charge on any atom is -0.298 e. The summed E-state index contributed by atoms with van der Waals surface area (Å²) >= 11 is 3.36. The van der Waals surface area contributed by atoms with Crippen LogP contribution in [0.15, 0.2) is 41.3 Å². The summed E-state index contributed by atoms with van der Waals surface area (Å²) in [4.78, 5) is 24.0. The maximum atomic E-state index is 13.3. The van der Waals surface area contributed by atoms with Gasteiger partial charge >= 0.3 is 0 Å². The molecule has 24 heavy (non-hydrogen) atoms. The molecule has 0 aliphatic heterocycles.